The predicted molar refractivity (Wildman–Crippen MR) is 73.0 cm³/mol. The molecule has 1 aromatic rings. The summed E-state index contributed by atoms with van der Waals surface area (Å²) in [6, 6.07) is 0.942. The largest absolute Gasteiger partial charge is 0.352 e. The molecule has 0 spiro atoms. The van der Waals surface area contributed by atoms with Crippen LogP contribution >= 0.6 is 15.9 Å². The van der Waals surface area contributed by atoms with Crippen molar-refractivity contribution in [3.05, 3.63) is 39.4 Å². The molecule has 110 valence electrons. The Kier molecular flexibility index (Phi) is 6.00. The maximum Gasteiger partial charge on any atom is 0.285 e. The van der Waals surface area contributed by atoms with Gasteiger partial charge in [0.15, 0.2) is 11.6 Å². The summed E-state index contributed by atoms with van der Waals surface area (Å²) in [6.07, 6.45) is 1.49. The van der Waals surface area contributed by atoms with E-state index in [2.05, 4.69) is 21.2 Å². The second-order valence-electron chi connectivity index (χ2n) is 4.09. The molecule has 1 unspecified atom stereocenters. The Hall–Kier alpha value is -1.57. The number of nitrogens with zero attached hydrogens (tertiary/aromatic N) is 1. The van der Waals surface area contributed by atoms with E-state index in [0.29, 0.717) is 18.6 Å². The molecule has 1 amide bonds. The Labute approximate surface area is 122 Å². The molecular formula is C12H13BrF2N2O3. The molecule has 0 radical (unpaired) electrons. The molecule has 0 fully saturated rings. The number of nitrogens with one attached hydrogen (secondary N) is 1. The normalized spacial score (nSPS) is 12.0. The Balaban J connectivity index is 2.86. The fraction of sp³-hybridized carbons (Fsp3) is 0.417. The van der Waals surface area contributed by atoms with Crippen molar-refractivity contribution in [1.29, 1.82) is 0 Å². The van der Waals surface area contributed by atoms with Gasteiger partial charge in [-0.3, -0.25) is 14.9 Å². The zero-order valence-corrected chi connectivity index (χ0v) is 12.2. The minimum atomic E-state index is -1.36. The van der Waals surface area contributed by atoms with Crippen LogP contribution in [0.25, 0.3) is 0 Å². The van der Waals surface area contributed by atoms with Crippen LogP contribution in [0, 0.1) is 21.7 Å². The first kappa shape index (κ1) is 16.5. The predicted octanol–water partition coefficient (Wildman–Crippen LogP) is 3.17. The van der Waals surface area contributed by atoms with Gasteiger partial charge in [-0.1, -0.05) is 22.9 Å². The van der Waals surface area contributed by atoms with Crippen LogP contribution in [0.15, 0.2) is 12.1 Å². The van der Waals surface area contributed by atoms with Crippen LogP contribution in [0.3, 0.4) is 0 Å². The third-order valence-corrected chi connectivity index (χ3v) is 3.77. The minimum Gasteiger partial charge on any atom is -0.352 e. The zero-order valence-electron chi connectivity index (χ0n) is 10.7. The maximum atomic E-state index is 13.1. The Bertz CT molecular complexity index is 526. The van der Waals surface area contributed by atoms with Crippen LogP contribution in [0.4, 0.5) is 14.5 Å². The van der Waals surface area contributed by atoms with Gasteiger partial charge in [-0.15, -0.1) is 0 Å². The van der Waals surface area contributed by atoms with Crippen LogP contribution in [0.5, 0.6) is 0 Å². The van der Waals surface area contributed by atoms with Crippen LogP contribution in [0.1, 0.15) is 30.1 Å². The number of carbonyl (C=O) groups excluding carboxylic acids is 1. The molecule has 1 rings (SSSR count). The number of nitro groups is 1. The van der Waals surface area contributed by atoms with Crippen molar-refractivity contribution >= 4 is 27.5 Å². The number of hydrogen-bond donors (Lipinski definition) is 1. The maximum absolute atomic E-state index is 13.1. The molecule has 0 aliphatic rings. The lowest BCUT2D eigenvalue weighted by Crippen LogP contribution is -2.27. The van der Waals surface area contributed by atoms with Crippen molar-refractivity contribution < 1.29 is 18.5 Å². The Morgan fingerprint density at radius 1 is 1.45 bits per heavy atom. The summed E-state index contributed by atoms with van der Waals surface area (Å²) in [5.41, 5.74) is -1.25. The van der Waals surface area contributed by atoms with Gasteiger partial charge in [-0.25, -0.2) is 8.78 Å². The molecule has 1 atom stereocenters. The molecule has 0 saturated heterocycles. The SMILES string of the molecule is CCC(Br)CCNC(=O)c1cc(F)c(F)cc1[N+](=O)[O-]. The quantitative estimate of drug-likeness (QED) is 0.486. The second-order valence-corrected chi connectivity index (χ2v) is 5.39. The van der Waals surface area contributed by atoms with Crippen molar-refractivity contribution in [3.8, 4) is 0 Å². The summed E-state index contributed by atoms with van der Waals surface area (Å²) in [4.78, 5) is 21.8. The van der Waals surface area contributed by atoms with Gasteiger partial charge in [-0.05, 0) is 18.9 Å². The van der Waals surface area contributed by atoms with Crippen LogP contribution < -0.4 is 5.32 Å². The lowest BCUT2D eigenvalue weighted by atomic mass is 10.1. The average molecular weight is 351 g/mol. The molecule has 5 nitrogen and oxygen atoms in total. The molecule has 0 heterocycles. The minimum absolute atomic E-state index is 0.211. The lowest BCUT2D eigenvalue weighted by molar-refractivity contribution is -0.385. The molecular weight excluding hydrogens is 338 g/mol. The molecule has 1 N–H and O–H groups in total. The van der Waals surface area contributed by atoms with Crippen molar-refractivity contribution in [1.82, 2.24) is 5.32 Å². The van der Waals surface area contributed by atoms with Gasteiger partial charge in [0.2, 0.25) is 0 Å². The van der Waals surface area contributed by atoms with E-state index >= 15 is 0 Å². The van der Waals surface area contributed by atoms with Crippen LogP contribution in [0.2, 0.25) is 0 Å². The van der Waals surface area contributed by atoms with E-state index in [1.165, 1.54) is 0 Å². The lowest BCUT2D eigenvalue weighted by Gasteiger charge is -2.09. The summed E-state index contributed by atoms with van der Waals surface area (Å²) < 4.78 is 26.1. The molecule has 0 aliphatic heterocycles. The van der Waals surface area contributed by atoms with Crippen molar-refractivity contribution in [2.75, 3.05) is 6.54 Å². The first-order valence-electron chi connectivity index (χ1n) is 5.92. The highest BCUT2D eigenvalue weighted by molar-refractivity contribution is 9.09. The fourth-order valence-electron chi connectivity index (χ4n) is 1.51. The van der Waals surface area contributed by atoms with E-state index in [1.807, 2.05) is 6.92 Å². The number of nitro benzene ring substituents is 1. The third-order valence-electron chi connectivity index (χ3n) is 2.67. The molecule has 0 aliphatic carbocycles. The summed E-state index contributed by atoms with van der Waals surface area (Å²) in [6.45, 7) is 2.24. The summed E-state index contributed by atoms with van der Waals surface area (Å²) in [5, 5.41) is 13.2. The van der Waals surface area contributed by atoms with Gasteiger partial charge in [0.1, 0.15) is 5.56 Å². The monoisotopic (exact) mass is 350 g/mol. The first-order chi connectivity index (χ1) is 9.36. The number of rotatable bonds is 6. The van der Waals surface area contributed by atoms with E-state index in [4.69, 9.17) is 0 Å². The van der Waals surface area contributed by atoms with Gasteiger partial charge in [0.05, 0.1) is 11.0 Å². The van der Waals surface area contributed by atoms with Crippen molar-refractivity contribution in [2.45, 2.75) is 24.6 Å². The Morgan fingerprint density at radius 2 is 2.05 bits per heavy atom. The number of amides is 1. The molecule has 0 aromatic heterocycles. The summed E-state index contributed by atoms with van der Waals surface area (Å²) in [7, 11) is 0. The molecule has 20 heavy (non-hydrogen) atoms. The smallest absolute Gasteiger partial charge is 0.285 e. The Morgan fingerprint density at radius 3 is 2.60 bits per heavy atom. The van der Waals surface area contributed by atoms with E-state index < -0.39 is 33.7 Å². The van der Waals surface area contributed by atoms with Crippen LogP contribution in [-0.4, -0.2) is 22.2 Å². The summed E-state index contributed by atoms with van der Waals surface area (Å²) >= 11 is 3.37. The standard InChI is InChI=1S/C12H13BrF2N2O3/c1-2-7(13)3-4-16-12(18)8-5-9(14)10(15)6-11(8)17(19)20/h5-7H,2-4H2,1H3,(H,16,18). The zero-order chi connectivity index (χ0) is 15.3. The van der Waals surface area contributed by atoms with Gasteiger partial charge in [-0.2, -0.15) is 0 Å². The number of hydrogen-bond acceptors (Lipinski definition) is 3. The van der Waals surface area contributed by atoms with E-state index in [0.717, 1.165) is 6.42 Å². The van der Waals surface area contributed by atoms with E-state index in [9.17, 15) is 23.7 Å². The second kappa shape index (κ2) is 7.28. The van der Waals surface area contributed by atoms with Crippen molar-refractivity contribution in [2.24, 2.45) is 0 Å². The van der Waals surface area contributed by atoms with E-state index in [1.54, 1.807) is 0 Å². The van der Waals surface area contributed by atoms with Gasteiger partial charge >= 0.3 is 0 Å². The number of halogens is 3. The molecule has 8 heteroatoms. The van der Waals surface area contributed by atoms with Gasteiger partial charge in [0.25, 0.3) is 11.6 Å². The molecule has 0 saturated carbocycles. The number of benzene rings is 1. The number of alkyl halides is 1. The fourth-order valence-corrected chi connectivity index (χ4v) is 1.74. The number of carbonyl (C=O) groups is 1. The highest BCUT2D eigenvalue weighted by Gasteiger charge is 2.23. The molecule has 0 bridgehead atoms. The van der Waals surface area contributed by atoms with Gasteiger partial charge < -0.3 is 5.32 Å². The first-order valence-corrected chi connectivity index (χ1v) is 6.84. The third kappa shape index (κ3) is 4.22. The molecule has 1 aromatic carbocycles. The van der Waals surface area contributed by atoms with Gasteiger partial charge in [0, 0.05) is 11.4 Å². The topological polar surface area (TPSA) is 72.2 Å². The highest BCUT2D eigenvalue weighted by Crippen LogP contribution is 2.22. The van der Waals surface area contributed by atoms with E-state index in [-0.39, 0.29) is 11.4 Å². The van der Waals surface area contributed by atoms with Crippen LogP contribution in [-0.2, 0) is 0 Å². The summed E-state index contributed by atoms with van der Waals surface area (Å²) in [5.74, 6) is -3.46. The highest BCUT2D eigenvalue weighted by atomic mass is 79.9. The average Bonchev–Trinajstić information content (AvgIpc) is 2.40. The van der Waals surface area contributed by atoms with Crippen molar-refractivity contribution in [3.63, 3.8) is 0 Å².